The zero-order valence-electron chi connectivity index (χ0n) is 7.60. The number of hydrogen-bond acceptors (Lipinski definition) is 4. The van der Waals surface area contributed by atoms with E-state index < -0.39 is 0 Å². The van der Waals surface area contributed by atoms with Crippen LogP contribution in [0.2, 0.25) is 0 Å². The average Bonchev–Trinajstić information content (AvgIpc) is 2.65. The van der Waals surface area contributed by atoms with Crippen LogP contribution in [0.5, 0.6) is 0 Å². The van der Waals surface area contributed by atoms with E-state index in [1.807, 2.05) is 19.1 Å². The monoisotopic (exact) mass is 204 g/mol. The van der Waals surface area contributed by atoms with Crippen LogP contribution in [0.25, 0.3) is 0 Å². The molecular formula is C10H8N2OS. The molecule has 0 aliphatic heterocycles. The molecule has 0 bridgehead atoms. The van der Waals surface area contributed by atoms with Crippen LogP contribution in [0.15, 0.2) is 30.9 Å². The topological polar surface area (TPSA) is 42.9 Å². The SMILES string of the molecule is Cc1ccc(C(=O)c2cncnc2)s1. The van der Waals surface area contributed by atoms with Gasteiger partial charge in [-0.25, -0.2) is 9.97 Å². The summed E-state index contributed by atoms with van der Waals surface area (Å²) in [4.78, 5) is 21.3. The van der Waals surface area contributed by atoms with Gasteiger partial charge < -0.3 is 0 Å². The molecule has 2 aromatic rings. The molecule has 14 heavy (non-hydrogen) atoms. The van der Waals surface area contributed by atoms with Crippen LogP contribution >= 0.6 is 11.3 Å². The molecule has 0 atom stereocenters. The summed E-state index contributed by atoms with van der Waals surface area (Å²) >= 11 is 1.49. The van der Waals surface area contributed by atoms with Crippen molar-refractivity contribution in [2.24, 2.45) is 0 Å². The van der Waals surface area contributed by atoms with E-state index in [4.69, 9.17) is 0 Å². The van der Waals surface area contributed by atoms with Gasteiger partial charge in [0, 0.05) is 17.3 Å². The summed E-state index contributed by atoms with van der Waals surface area (Å²) in [7, 11) is 0. The molecule has 3 nitrogen and oxygen atoms in total. The Bertz CT molecular complexity index is 450. The summed E-state index contributed by atoms with van der Waals surface area (Å²) in [6.45, 7) is 1.98. The van der Waals surface area contributed by atoms with E-state index in [2.05, 4.69) is 9.97 Å². The predicted molar refractivity (Wildman–Crippen MR) is 54.5 cm³/mol. The number of ketones is 1. The van der Waals surface area contributed by atoms with E-state index in [0.717, 1.165) is 9.75 Å². The molecule has 4 heteroatoms. The van der Waals surface area contributed by atoms with Crippen LogP contribution in [-0.2, 0) is 0 Å². The highest BCUT2D eigenvalue weighted by molar-refractivity contribution is 7.14. The maximum atomic E-state index is 11.8. The second-order valence-electron chi connectivity index (χ2n) is 2.87. The summed E-state index contributed by atoms with van der Waals surface area (Å²) < 4.78 is 0. The van der Waals surface area contributed by atoms with Crippen molar-refractivity contribution in [1.29, 1.82) is 0 Å². The van der Waals surface area contributed by atoms with Gasteiger partial charge >= 0.3 is 0 Å². The van der Waals surface area contributed by atoms with Crippen molar-refractivity contribution >= 4 is 17.1 Å². The lowest BCUT2D eigenvalue weighted by atomic mass is 10.2. The summed E-state index contributed by atoms with van der Waals surface area (Å²) in [5.41, 5.74) is 0.536. The van der Waals surface area contributed by atoms with Gasteiger partial charge in [0.1, 0.15) is 6.33 Å². The van der Waals surface area contributed by atoms with E-state index in [1.165, 1.54) is 30.1 Å². The normalized spacial score (nSPS) is 10.1. The fourth-order valence-corrected chi connectivity index (χ4v) is 1.94. The van der Waals surface area contributed by atoms with Crippen LogP contribution in [0, 0.1) is 6.92 Å². The number of hydrogen-bond donors (Lipinski definition) is 0. The van der Waals surface area contributed by atoms with Crippen molar-refractivity contribution in [3.8, 4) is 0 Å². The van der Waals surface area contributed by atoms with Crippen LogP contribution in [-0.4, -0.2) is 15.8 Å². The van der Waals surface area contributed by atoms with Crippen LogP contribution in [0.1, 0.15) is 20.1 Å². The molecular weight excluding hydrogens is 196 g/mol. The largest absolute Gasteiger partial charge is 0.288 e. The van der Waals surface area contributed by atoms with Gasteiger partial charge in [-0.2, -0.15) is 0 Å². The van der Waals surface area contributed by atoms with Gasteiger partial charge in [-0.1, -0.05) is 0 Å². The Morgan fingerprint density at radius 2 is 2.00 bits per heavy atom. The van der Waals surface area contributed by atoms with Gasteiger partial charge in [-0.3, -0.25) is 4.79 Å². The first-order chi connectivity index (χ1) is 6.77. The maximum Gasteiger partial charge on any atom is 0.206 e. The quantitative estimate of drug-likeness (QED) is 0.703. The third kappa shape index (κ3) is 1.70. The van der Waals surface area contributed by atoms with Crippen LogP contribution in [0.3, 0.4) is 0 Å². The van der Waals surface area contributed by atoms with Crippen molar-refractivity contribution in [3.05, 3.63) is 46.2 Å². The molecule has 2 aromatic heterocycles. The average molecular weight is 204 g/mol. The maximum absolute atomic E-state index is 11.8. The number of carbonyl (C=O) groups is 1. The summed E-state index contributed by atoms with van der Waals surface area (Å²) in [6, 6.07) is 3.76. The van der Waals surface area contributed by atoms with Crippen LogP contribution < -0.4 is 0 Å². The zero-order valence-corrected chi connectivity index (χ0v) is 8.41. The fraction of sp³-hybridized carbons (Fsp3) is 0.100. The Hall–Kier alpha value is -1.55. The summed E-state index contributed by atoms with van der Waals surface area (Å²) in [6.07, 6.45) is 4.48. The second kappa shape index (κ2) is 3.67. The Labute approximate surface area is 85.5 Å². The lowest BCUT2D eigenvalue weighted by molar-refractivity contribution is 0.104. The van der Waals surface area contributed by atoms with Crippen molar-refractivity contribution in [2.75, 3.05) is 0 Å². The molecule has 0 amide bonds. The van der Waals surface area contributed by atoms with Crippen molar-refractivity contribution in [2.45, 2.75) is 6.92 Å². The lowest BCUT2D eigenvalue weighted by Gasteiger charge is -1.94. The number of aromatic nitrogens is 2. The van der Waals surface area contributed by atoms with E-state index >= 15 is 0 Å². The predicted octanol–water partition coefficient (Wildman–Crippen LogP) is 2.08. The standard InChI is InChI=1S/C10H8N2OS/c1-7-2-3-9(14-7)10(13)8-4-11-6-12-5-8/h2-6H,1H3. The third-order valence-electron chi connectivity index (χ3n) is 1.79. The van der Waals surface area contributed by atoms with Crippen molar-refractivity contribution in [1.82, 2.24) is 9.97 Å². The fourth-order valence-electron chi connectivity index (χ4n) is 1.12. The van der Waals surface area contributed by atoms with Gasteiger partial charge in [0.15, 0.2) is 0 Å². The Kier molecular flexibility index (Phi) is 2.37. The molecule has 0 fully saturated rings. The van der Waals surface area contributed by atoms with E-state index in [9.17, 15) is 4.79 Å². The minimum absolute atomic E-state index is 0.0105. The molecule has 0 spiro atoms. The molecule has 0 radical (unpaired) electrons. The molecule has 0 aliphatic carbocycles. The molecule has 0 unspecified atom stereocenters. The Balaban J connectivity index is 2.34. The lowest BCUT2D eigenvalue weighted by Crippen LogP contribution is -1.99. The molecule has 0 N–H and O–H groups in total. The molecule has 2 rings (SSSR count). The first-order valence-corrected chi connectivity index (χ1v) is 4.95. The zero-order chi connectivity index (χ0) is 9.97. The van der Waals surface area contributed by atoms with E-state index in [1.54, 1.807) is 0 Å². The molecule has 0 aliphatic rings. The number of thiophene rings is 1. The highest BCUT2D eigenvalue weighted by Crippen LogP contribution is 2.18. The summed E-state index contributed by atoms with van der Waals surface area (Å²) in [5.74, 6) is -0.0105. The Morgan fingerprint density at radius 1 is 1.29 bits per heavy atom. The Morgan fingerprint density at radius 3 is 2.57 bits per heavy atom. The summed E-state index contributed by atoms with van der Waals surface area (Å²) in [5, 5.41) is 0. The number of rotatable bonds is 2. The van der Waals surface area contributed by atoms with Gasteiger partial charge in [0.25, 0.3) is 0 Å². The highest BCUT2D eigenvalue weighted by Gasteiger charge is 2.10. The smallest absolute Gasteiger partial charge is 0.206 e. The highest BCUT2D eigenvalue weighted by atomic mass is 32.1. The van der Waals surface area contributed by atoms with Gasteiger partial charge in [0.2, 0.25) is 5.78 Å². The van der Waals surface area contributed by atoms with Crippen LogP contribution in [0.4, 0.5) is 0 Å². The van der Waals surface area contributed by atoms with Gasteiger partial charge in [-0.15, -0.1) is 11.3 Å². The second-order valence-corrected chi connectivity index (χ2v) is 4.15. The van der Waals surface area contributed by atoms with Crippen molar-refractivity contribution < 1.29 is 4.79 Å². The number of aryl methyl sites for hydroxylation is 1. The van der Waals surface area contributed by atoms with Gasteiger partial charge in [0.05, 0.1) is 10.4 Å². The number of carbonyl (C=O) groups excluding carboxylic acids is 1. The molecule has 0 saturated heterocycles. The van der Waals surface area contributed by atoms with Gasteiger partial charge in [-0.05, 0) is 19.1 Å². The molecule has 70 valence electrons. The molecule has 0 aromatic carbocycles. The first-order valence-electron chi connectivity index (χ1n) is 4.13. The van der Waals surface area contributed by atoms with E-state index in [-0.39, 0.29) is 5.78 Å². The first kappa shape index (κ1) is 9.02. The minimum atomic E-state index is -0.0105. The van der Waals surface area contributed by atoms with Crippen molar-refractivity contribution in [3.63, 3.8) is 0 Å². The minimum Gasteiger partial charge on any atom is -0.288 e. The molecule has 0 saturated carbocycles. The molecule has 2 heterocycles. The third-order valence-corrected chi connectivity index (χ3v) is 2.79. The number of nitrogens with zero attached hydrogens (tertiary/aromatic N) is 2. The van der Waals surface area contributed by atoms with E-state index in [0.29, 0.717) is 5.56 Å².